The van der Waals surface area contributed by atoms with Gasteiger partial charge in [0.1, 0.15) is 41.5 Å². The molecule has 16 heteroatoms. The molecule has 16 nitrogen and oxygen atoms in total. The Balaban J connectivity index is 1.01. The van der Waals surface area contributed by atoms with Gasteiger partial charge < -0.3 is 45.5 Å². The van der Waals surface area contributed by atoms with E-state index in [2.05, 4.69) is 50.8 Å². The molecule has 0 aromatic heterocycles. The Morgan fingerprint density at radius 3 is 1.72 bits per heavy atom. The number of amides is 5. The van der Waals surface area contributed by atoms with Gasteiger partial charge in [0, 0.05) is 37.8 Å². The summed E-state index contributed by atoms with van der Waals surface area (Å²) >= 11 is 0. The third-order valence-corrected chi connectivity index (χ3v) is 13.3. The number of nitrogens with one attached hydrogen (secondary N) is 5. The van der Waals surface area contributed by atoms with Gasteiger partial charge in [0.2, 0.25) is 11.8 Å². The second-order valence-electron chi connectivity index (χ2n) is 23.1. The number of hydrogen-bond acceptors (Lipinski definition) is 11. The van der Waals surface area contributed by atoms with Gasteiger partial charge in [-0.3, -0.25) is 14.4 Å². The van der Waals surface area contributed by atoms with Gasteiger partial charge in [-0.05, 0) is 158 Å². The standard InChI is InChI=1S/C60H79N5O11/c1-58(2,3)74-51(66)32-31-49(55(70)76-60(7,8)9)65-56(71)64-48(54(69)75-59(4,5)6)24-16-17-33-61-53(68)50(35-39-27-28-40-18-10-11-19-42(40)34-39)63-52(67)41-29-25-38(26-30-41)36-62-57(72)73-37-47-45-22-14-12-20-43(45)44-21-13-15-23-46(44)47/h10-15,18-23,27-28,34,38,41,47-50H,16-17,24-26,29-33,35-37H2,1-9H3,(H,61,68)(H,62,72)(H,63,67)(H2,64,65,71)/t38?,41?,48-,49-,50-/m0/s1. The Morgan fingerprint density at radius 2 is 1.13 bits per heavy atom. The van der Waals surface area contributed by atoms with Gasteiger partial charge in [-0.25, -0.2) is 19.2 Å². The molecule has 0 spiro atoms. The number of alkyl carbamates (subject to hydrolysis) is 1. The van der Waals surface area contributed by atoms with E-state index in [1.165, 1.54) is 0 Å². The lowest BCUT2D eigenvalue weighted by Gasteiger charge is -2.29. The maximum Gasteiger partial charge on any atom is 0.407 e. The van der Waals surface area contributed by atoms with Crippen molar-refractivity contribution in [3.8, 4) is 11.1 Å². The van der Waals surface area contributed by atoms with Crippen LogP contribution in [-0.2, 0) is 49.3 Å². The lowest BCUT2D eigenvalue weighted by Crippen LogP contribution is -2.53. The summed E-state index contributed by atoms with van der Waals surface area (Å²) in [5.74, 6) is -2.72. The minimum Gasteiger partial charge on any atom is -0.460 e. The number of hydrogen-bond donors (Lipinski definition) is 5. The van der Waals surface area contributed by atoms with E-state index in [4.69, 9.17) is 18.9 Å². The Bertz CT molecular complexity index is 2630. The highest BCUT2D eigenvalue weighted by Gasteiger charge is 2.34. The van der Waals surface area contributed by atoms with Crippen molar-refractivity contribution in [1.82, 2.24) is 26.6 Å². The van der Waals surface area contributed by atoms with E-state index in [0.717, 1.165) is 51.4 Å². The smallest absolute Gasteiger partial charge is 0.407 e. The first-order valence-electron chi connectivity index (χ1n) is 26.8. The lowest BCUT2D eigenvalue weighted by atomic mass is 9.81. The normalized spacial score (nSPS) is 16.6. The summed E-state index contributed by atoms with van der Waals surface area (Å²) in [6.45, 7) is 16.2. The molecule has 2 aliphatic rings. The largest absolute Gasteiger partial charge is 0.460 e. The number of unbranched alkanes of at least 4 members (excludes halogenated alkanes) is 1. The highest BCUT2D eigenvalue weighted by atomic mass is 16.6. The molecule has 410 valence electrons. The molecule has 0 unspecified atom stereocenters. The molecule has 4 aromatic rings. The third-order valence-electron chi connectivity index (χ3n) is 13.3. The minimum atomic E-state index is -1.23. The zero-order valence-electron chi connectivity index (χ0n) is 45.8. The summed E-state index contributed by atoms with van der Waals surface area (Å²) in [5.41, 5.74) is 3.00. The number of ether oxygens (including phenoxy) is 4. The van der Waals surface area contributed by atoms with Crippen LogP contribution in [0.15, 0.2) is 91.0 Å². The van der Waals surface area contributed by atoms with Crippen molar-refractivity contribution in [2.24, 2.45) is 11.8 Å². The predicted molar refractivity (Wildman–Crippen MR) is 291 cm³/mol. The molecule has 0 radical (unpaired) electrons. The van der Waals surface area contributed by atoms with Crippen molar-refractivity contribution >= 4 is 52.6 Å². The van der Waals surface area contributed by atoms with Crippen molar-refractivity contribution < 1.29 is 52.5 Å². The Labute approximate surface area is 447 Å². The Morgan fingerprint density at radius 1 is 0.579 bits per heavy atom. The van der Waals surface area contributed by atoms with Crippen molar-refractivity contribution in [3.63, 3.8) is 0 Å². The van der Waals surface area contributed by atoms with E-state index in [-0.39, 0.29) is 68.4 Å². The van der Waals surface area contributed by atoms with Crippen LogP contribution in [0.1, 0.15) is 143 Å². The van der Waals surface area contributed by atoms with Gasteiger partial charge in [-0.1, -0.05) is 91.0 Å². The second-order valence-corrected chi connectivity index (χ2v) is 23.1. The molecule has 76 heavy (non-hydrogen) atoms. The summed E-state index contributed by atoms with van der Waals surface area (Å²) < 4.78 is 22.3. The average Bonchev–Trinajstić information content (AvgIpc) is 3.67. The maximum absolute atomic E-state index is 14.0. The minimum absolute atomic E-state index is 0.0342. The molecule has 1 saturated carbocycles. The van der Waals surface area contributed by atoms with Crippen molar-refractivity contribution in [3.05, 3.63) is 108 Å². The molecule has 3 atom stereocenters. The van der Waals surface area contributed by atoms with Gasteiger partial charge in [-0.15, -0.1) is 0 Å². The van der Waals surface area contributed by atoms with Crippen molar-refractivity contribution in [2.75, 3.05) is 19.7 Å². The SMILES string of the molecule is CC(C)(C)OC(=O)CC[C@H](NC(=O)N[C@@H](CCCCNC(=O)[C@H](Cc1ccc2ccccc2c1)NC(=O)C1CCC(CNC(=O)OCC2c3ccccc3-c3ccccc32)CC1)C(=O)OC(C)(C)C)C(=O)OC(C)(C)C. The number of benzene rings is 4. The van der Waals surface area contributed by atoms with Crippen molar-refractivity contribution in [1.29, 1.82) is 0 Å². The summed E-state index contributed by atoms with van der Waals surface area (Å²) in [4.78, 5) is 93.6. The first kappa shape index (κ1) is 58.3. The van der Waals surface area contributed by atoms with E-state index in [0.29, 0.717) is 32.2 Å². The van der Waals surface area contributed by atoms with Crippen LogP contribution in [0.3, 0.4) is 0 Å². The van der Waals surface area contributed by atoms with Crippen LogP contribution in [0.2, 0.25) is 0 Å². The molecule has 0 saturated heterocycles. The quantitative estimate of drug-likeness (QED) is 0.0301. The fraction of sp³-hybridized carbons (Fsp3) is 0.517. The molecule has 0 aliphatic heterocycles. The van der Waals surface area contributed by atoms with Gasteiger partial charge >= 0.3 is 30.0 Å². The zero-order valence-corrected chi connectivity index (χ0v) is 45.8. The van der Waals surface area contributed by atoms with Gasteiger partial charge in [0.05, 0.1) is 0 Å². The van der Waals surface area contributed by atoms with Crippen LogP contribution in [0.25, 0.3) is 21.9 Å². The molecule has 0 heterocycles. The van der Waals surface area contributed by atoms with Crippen LogP contribution in [-0.4, -0.2) is 96.5 Å². The average molecular weight is 1050 g/mol. The van der Waals surface area contributed by atoms with Crippen LogP contribution in [0, 0.1) is 11.8 Å². The fourth-order valence-electron chi connectivity index (χ4n) is 9.67. The van der Waals surface area contributed by atoms with E-state index in [1.807, 2.05) is 66.7 Å². The van der Waals surface area contributed by atoms with E-state index >= 15 is 0 Å². The van der Waals surface area contributed by atoms with Crippen LogP contribution < -0.4 is 26.6 Å². The van der Waals surface area contributed by atoms with Crippen LogP contribution in [0.5, 0.6) is 0 Å². The molecular weight excluding hydrogens is 967 g/mol. The molecule has 5 N–H and O–H groups in total. The predicted octanol–water partition coefficient (Wildman–Crippen LogP) is 9.34. The summed E-state index contributed by atoms with van der Waals surface area (Å²) in [6.07, 6.45) is 3.08. The molecule has 0 bridgehead atoms. The lowest BCUT2D eigenvalue weighted by molar-refractivity contribution is -0.159. The number of carbonyl (C=O) groups is 7. The molecule has 5 amide bonds. The van der Waals surface area contributed by atoms with Gasteiger partial charge in [-0.2, -0.15) is 0 Å². The maximum atomic E-state index is 14.0. The molecule has 2 aliphatic carbocycles. The number of urea groups is 1. The Hall–Kier alpha value is -6.97. The number of rotatable bonds is 21. The first-order chi connectivity index (χ1) is 35.9. The number of esters is 3. The van der Waals surface area contributed by atoms with Crippen molar-refractivity contribution in [2.45, 2.75) is 167 Å². The number of carbonyl (C=O) groups excluding carboxylic acids is 7. The van der Waals surface area contributed by atoms with Gasteiger partial charge in [0.25, 0.3) is 0 Å². The monoisotopic (exact) mass is 1050 g/mol. The first-order valence-corrected chi connectivity index (χ1v) is 26.8. The molecule has 6 rings (SSSR count). The number of fused-ring (bicyclic) bond motifs is 4. The zero-order chi connectivity index (χ0) is 55.2. The summed E-state index contributed by atoms with van der Waals surface area (Å²) in [7, 11) is 0. The molecular formula is C60H79N5O11. The second kappa shape index (κ2) is 26.2. The van der Waals surface area contributed by atoms with E-state index < -0.39 is 65.0 Å². The summed E-state index contributed by atoms with van der Waals surface area (Å²) in [6, 6.07) is 26.2. The summed E-state index contributed by atoms with van der Waals surface area (Å²) in [5, 5.41) is 16.3. The topological polar surface area (TPSA) is 217 Å². The molecule has 4 aromatic carbocycles. The molecule has 1 fully saturated rings. The highest BCUT2D eigenvalue weighted by molar-refractivity contribution is 5.90. The van der Waals surface area contributed by atoms with E-state index in [9.17, 15) is 33.6 Å². The Kier molecular flexibility index (Phi) is 20.1. The van der Waals surface area contributed by atoms with E-state index in [1.54, 1.807) is 62.3 Å². The van der Waals surface area contributed by atoms with Crippen LogP contribution >= 0.6 is 0 Å². The highest BCUT2D eigenvalue weighted by Crippen LogP contribution is 2.44. The fourth-order valence-corrected chi connectivity index (χ4v) is 9.67. The third kappa shape index (κ3) is 18.1. The van der Waals surface area contributed by atoms with Crippen LogP contribution in [0.4, 0.5) is 9.59 Å². The van der Waals surface area contributed by atoms with Gasteiger partial charge in [0.15, 0.2) is 0 Å².